The third kappa shape index (κ3) is 3.20. The molecule has 6 heteroatoms. The number of nitrogens with zero attached hydrogens (tertiary/aromatic N) is 2. The number of likely N-dealkylation sites (N-methyl/N-ethyl adjacent to an activating group) is 2. The van der Waals surface area contributed by atoms with E-state index in [2.05, 4.69) is 0 Å². The number of ether oxygens (including phenoxy) is 1. The first-order valence-electron chi connectivity index (χ1n) is 8.99. The van der Waals surface area contributed by atoms with Crippen molar-refractivity contribution in [1.82, 2.24) is 9.55 Å². The second kappa shape index (κ2) is 7.70. The number of hydroxylamine groups is 2. The highest BCUT2D eigenvalue weighted by Gasteiger charge is 2.58. The minimum Gasteiger partial charge on any atom is -0.627 e. The van der Waals surface area contributed by atoms with Gasteiger partial charge in [0.1, 0.15) is 12.2 Å². The fourth-order valence-corrected chi connectivity index (χ4v) is 3.45. The van der Waals surface area contributed by atoms with E-state index >= 15 is 0 Å². The summed E-state index contributed by atoms with van der Waals surface area (Å²) in [4.78, 5) is 27.6. The average molecular weight is 360 g/mol. The van der Waals surface area contributed by atoms with Crippen LogP contribution in [0.5, 0.6) is 0 Å². The molecule has 142 valence electrons. The Bertz CT molecular complexity index is 729. The van der Waals surface area contributed by atoms with Crippen molar-refractivity contribution in [2.24, 2.45) is 0 Å². The van der Waals surface area contributed by atoms with Crippen molar-refractivity contribution >= 4 is 17.4 Å². The van der Waals surface area contributed by atoms with Gasteiger partial charge in [0, 0.05) is 6.07 Å². The lowest BCUT2D eigenvalue weighted by atomic mass is 9.81. The van der Waals surface area contributed by atoms with E-state index in [-0.39, 0.29) is 25.5 Å². The molecule has 0 spiro atoms. The molecule has 2 unspecified atom stereocenters. The van der Waals surface area contributed by atoms with Crippen molar-refractivity contribution in [3.8, 4) is 0 Å². The quantitative estimate of drug-likeness (QED) is 0.256. The third-order valence-electron chi connectivity index (χ3n) is 5.08. The molecule has 0 N–H and O–H groups in total. The van der Waals surface area contributed by atoms with Crippen LogP contribution in [0.15, 0.2) is 30.4 Å². The van der Waals surface area contributed by atoms with E-state index < -0.39 is 16.2 Å². The second-order valence-electron chi connectivity index (χ2n) is 6.79. The topological polar surface area (TPSA) is 69.7 Å². The van der Waals surface area contributed by atoms with Crippen LogP contribution in [-0.4, -0.2) is 56.0 Å². The lowest BCUT2D eigenvalue weighted by Gasteiger charge is -2.52. The molecule has 1 aromatic rings. The molecule has 0 aromatic heterocycles. The summed E-state index contributed by atoms with van der Waals surface area (Å²) in [5.41, 5.74) is 0.0984. The van der Waals surface area contributed by atoms with Gasteiger partial charge in [-0.2, -0.15) is 0 Å². The Balaban J connectivity index is 2.66. The van der Waals surface area contributed by atoms with Gasteiger partial charge in [-0.05, 0) is 52.9 Å². The van der Waals surface area contributed by atoms with E-state index in [1.807, 2.05) is 25.1 Å². The molecule has 0 saturated heterocycles. The zero-order valence-corrected chi connectivity index (χ0v) is 16.2. The lowest BCUT2D eigenvalue weighted by Crippen LogP contribution is -2.70. The zero-order chi connectivity index (χ0) is 19.5. The highest BCUT2D eigenvalue weighted by atomic mass is 16.6. The molecule has 0 aliphatic carbocycles. The fraction of sp³-hybridized carbons (Fsp3) is 0.500. The van der Waals surface area contributed by atoms with Gasteiger partial charge in [0.05, 0.1) is 18.7 Å². The molecule has 2 rings (SSSR count). The zero-order valence-electron chi connectivity index (χ0n) is 16.2. The maximum absolute atomic E-state index is 13.6. The highest BCUT2D eigenvalue weighted by molar-refractivity contribution is 6.20. The number of rotatable bonds is 6. The first-order chi connectivity index (χ1) is 12.3. The van der Waals surface area contributed by atoms with Gasteiger partial charge < -0.3 is 14.6 Å². The molecule has 0 fully saturated rings. The van der Waals surface area contributed by atoms with Crippen molar-refractivity contribution < 1.29 is 14.3 Å². The van der Waals surface area contributed by atoms with E-state index in [1.54, 1.807) is 40.1 Å². The maximum Gasteiger partial charge on any atom is 0.340 e. The number of quaternary nitrogens is 1. The average Bonchev–Trinajstić information content (AvgIpc) is 2.62. The number of hydrogen-bond acceptors (Lipinski definition) is 5. The number of allylic oxidation sites excluding steroid dienone is 2. The molecular weight excluding hydrogens is 332 g/mol. The van der Waals surface area contributed by atoms with Crippen LogP contribution >= 0.6 is 0 Å². The SMILES string of the molecule is CC=CCc1ccc2c(c1)[N+]([O-])(CC)CC(C(=O)OCC)(N(C)C)C2=O. The van der Waals surface area contributed by atoms with Crippen molar-refractivity contribution in [2.75, 3.05) is 33.8 Å². The Kier molecular flexibility index (Phi) is 6.01. The van der Waals surface area contributed by atoms with Crippen LogP contribution in [0.3, 0.4) is 0 Å². The molecule has 0 radical (unpaired) electrons. The molecule has 2 atom stereocenters. The van der Waals surface area contributed by atoms with Gasteiger partial charge >= 0.3 is 5.97 Å². The molecular formula is C20H28N2O4. The third-order valence-corrected chi connectivity index (χ3v) is 5.08. The number of ketones is 1. The molecule has 1 heterocycles. The first-order valence-corrected chi connectivity index (χ1v) is 8.99. The Hall–Kier alpha value is -2.02. The summed E-state index contributed by atoms with van der Waals surface area (Å²) in [6, 6.07) is 5.32. The van der Waals surface area contributed by atoms with Crippen molar-refractivity contribution in [3.63, 3.8) is 0 Å². The van der Waals surface area contributed by atoms with E-state index in [9.17, 15) is 14.8 Å². The normalized spacial score (nSPS) is 25.6. The summed E-state index contributed by atoms with van der Waals surface area (Å²) in [6.45, 7) is 5.59. The number of Topliss-reactive ketones (excluding diaryl/α,β-unsaturated/α-hetero) is 1. The number of carbonyl (C=O) groups excluding carboxylic acids is 2. The van der Waals surface area contributed by atoms with Crippen LogP contribution in [-0.2, 0) is 16.0 Å². The minimum absolute atomic E-state index is 0.155. The Morgan fingerprint density at radius 2 is 2.08 bits per heavy atom. The summed E-state index contributed by atoms with van der Waals surface area (Å²) in [5.74, 6) is -1.03. The maximum atomic E-state index is 13.6. The van der Waals surface area contributed by atoms with Gasteiger partial charge in [0.15, 0.2) is 0 Å². The second-order valence-corrected chi connectivity index (χ2v) is 6.79. The van der Waals surface area contributed by atoms with Crippen LogP contribution in [0.2, 0.25) is 0 Å². The number of hydrogen-bond donors (Lipinski definition) is 0. The number of benzene rings is 1. The number of fused-ring (bicyclic) bond motifs is 1. The predicted molar refractivity (Wildman–Crippen MR) is 103 cm³/mol. The van der Waals surface area contributed by atoms with Crippen LogP contribution in [0.4, 0.5) is 5.69 Å². The van der Waals surface area contributed by atoms with Crippen LogP contribution < -0.4 is 4.65 Å². The summed E-state index contributed by atoms with van der Waals surface area (Å²) in [5, 5.41) is 13.6. The molecule has 26 heavy (non-hydrogen) atoms. The van der Waals surface area contributed by atoms with Gasteiger partial charge in [-0.1, -0.05) is 18.2 Å². The van der Waals surface area contributed by atoms with Crippen LogP contribution in [0, 0.1) is 5.21 Å². The van der Waals surface area contributed by atoms with Crippen molar-refractivity contribution in [2.45, 2.75) is 32.7 Å². The monoisotopic (exact) mass is 360 g/mol. The van der Waals surface area contributed by atoms with Gasteiger partial charge in [0.25, 0.3) is 0 Å². The Labute approximate surface area is 155 Å². The Morgan fingerprint density at radius 1 is 1.38 bits per heavy atom. The largest absolute Gasteiger partial charge is 0.627 e. The van der Waals surface area contributed by atoms with E-state index in [1.165, 1.54) is 4.90 Å². The van der Waals surface area contributed by atoms with E-state index in [4.69, 9.17) is 4.74 Å². The van der Waals surface area contributed by atoms with Crippen molar-refractivity contribution in [1.29, 1.82) is 0 Å². The molecule has 6 nitrogen and oxygen atoms in total. The van der Waals surface area contributed by atoms with E-state index in [0.29, 0.717) is 17.7 Å². The molecule has 1 aromatic carbocycles. The predicted octanol–water partition coefficient (Wildman–Crippen LogP) is 2.69. The van der Waals surface area contributed by atoms with Gasteiger partial charge in [-0.25, -0.2) is 4.79 Å². The smallest absolute Gasteiger partial charge is 0.340 e. The summed E-state index contributed by atoms with van der Waals surface area (Å²) < 4.78 is 4.45. The Morgan fingerprint density at radius 3 is 2.62 bits per heavy atom. The standard InChI is InChI=1S/C20H28N2O4/c1-6-9-10-15-11-12-16-17(13-15)22(25,7-2)14-20(18(16)23,21(4)5)19(24)26-8-3/h6,9,11-13H,7-8,10,14H2,1-5H3. The summed E-state index contributed by atoms with van der Waals surface area (Å²) in [7, 11) is 3.28. The molecule has 0 saturated carbocycles. The number of carbonyl (C=O) groups is 2. The van der Waals surface area contributed by atoms with Crippen molar-refractivity contribution in [3.05, 3.63) is 46.7 Å². The highest BCUT2D eigenvalue weighted by Crippen LogP contribution is 2.40. The molecule has 1 aliphatic rings. The van der Waals surface area contributed by atoms with Gasteiger partial charge in [0.2, 0.25) is 11.3 Å². The number of esters is 1. The van der Waals surface area contributed by atoms with Crippen LogP contribution in [0.1, 0.15) is 36.7 Å². The van der Waals surface area contributed by atoms with Gasteiger partial charge in [-0.15, -0.1) is 0 Å². The lowest BCUT2D eigenvalue weighted by molar-refractivity contribution is -0.154. The molecule has 0 amide bonds. The fourth-order valence-electron chi connectivity index (χ4n) is 3.45. The van der Waals surface area contributed by atoms with E-state index in [0.717, 1.165) is 5.56 Å². The summed E-state index contributed by atoms with van der Waals surface area (Å²) in [6.07, 6.45) is 4.64. The van der Waals surface area contributed by atoms with Gasteiger partial charge in [-0.3, -0.25) is 9.69 Å². The molecule has 1 aliphatic heterocycles. The summed E-state index contributed by atoms with van der Waals surface area (Å²) >= 11 is 0. The molecule has 0 bridgehead atoms. The van der Waals surface area contributed by atoms with Crippen LogP contribution in [0.25, 0.3) is 0 Å². The first kappa shape index (κ1) is 20.3. The minimum atomic E-state index is -1.61.